The minimum absolute atomic E-state index is 0.250. The number of allylic oxidation sites excluding steroid dienone is 4. The zero-order chi connectivity index (χ0) is 17.1. The first-order valence-electron chi connectivity index (χ1n) is 8.68. The maximum atomic E-state index is 4.48. The summed E-state index contributed by atoms with van der Waals surface area (Å²) in [5.41, 5.74) is 7.87. The summed E-state index contributed by atoms with van der Waals surface area (Å²) >= 11 is 0. The molecule has 1 aliphatic carbocycles. The number of hydrazine groups is 1. The summed E-state index contributed by atoms with van der Waals surface area (Å²) in [6, 6.07) is 21.2. The SMILES string of the molecule is C=C(N1CC=CN1)C1(c2ccccc2)C=C(c2ccccc2)C=CC1. The van der Waals surface area contributed by atoms with Gasteiger partial charge in [-0.1, -0.05) is 85.5 Å². The third-order valence-electron chi connectivity index (χ3n) is 5.01. The van der Waals surface area contributed by atoms with E-state index in [0.29, 0.717) is 0 Å². The summed E-state index contributed by atoms with van der Waals surface area (Å²) in [5, 5.41) is 2.13. The molecule has 0 radical (unpaired) electrons. The maximum absolute atomic E-state index is 4.48. The molecule has 1 N–H and O–H groups in total. The molecule has 2 aliphatic rings. The molecule has 25 heavy (non-hydrogen) atoms. The normalized spacial score (nSPS) is 21.8. The lowest BCUT2D eigenvalue weighted by atomic mass is 9.71. The fourth-order valence-corrected chi connectivity index (χ4v) is 3.64. The minimum Gasteiger partial charge on any atom is -0.306 e. The quantitative estimate of drug-likeness (QED) is 0.867. The van der Waals surface area contributed by atoms with Gasteiger partial charge in [0.25, 0.3) is 0 Å². The molecule has 1 unspecified atom stereocenters. The average molecular weight is 326 g/mol. The van der Waals surface area contributed by atoms with Crippen LogP contribution in [0.1, 0.15) is 17.5 Å². The van der Waals surface area contributed by atoms with Crippen LogP contribution in [0, 0.1) is 0 Å². The lowest BCUT2D eigenvalue weighted by Gasteiger charge is -2.39. The van der Waals surface area contributed by atoms with E-state index >= 15 is 0 Å². The van der Waals surface area contributed by atoms with Crippen molar-refractivity contribution in [3.05, 3.63) is 115 Å². The van der Waals surface area contributed by atoms with Crippen molar-refractivity contribution in [1.29, 1.82) is 0 Å². The Labute approximate surface area is 149 Å². The predicted molar refractivity (Wildman–Crippen MR) is 104 cm³/mol. The van der Waals surface area contributed by atoms with Gasteiger partial charge in [-0.2, -0.15) is 0 Å². The first-order chi connectivity index (χ1) is 12.3. The van der Waals surface area contributed by atoms with Gasteiger partial charge in [0.2, 0.25) is 0 Å². The Kier molecular flexibility index (Phi) is 4.02. The van der Waals surface area contributed by atoms with Crippen molar-refractivity contribution in [2.24, 2.45) is 0 Å². The van der Waals surface area contributed by atoms with Gasteiger partial charge in [-0.05, 0) is 29.2 Å². The van der Waals surface area contributed by atoms with Crippen molar-refractivity contribution in [1.82, 2.24) is 10.4 Å². The number of hydrogen-bond donors (Lipinski definition) is 1. The molecule has 0 saturated heterocycles. The number of nitrogens with zero attached hydrogens (tertiary/aromatic N) is 1. The molecule has 4 rings (SSSR count). The number of rotatable bonds is 4. The second-order valence-corrected chi connectivity index (χ2v) is 6.50. The summed E-state index contributed by atoms with van der Waals surface area (Å²) < 4.78 is 0. The Hall–Kier alpha value is -3.00. The zero-order valence-electron chi connectivity index (χ0n) is 14.2. The van der Waals surface area contributed by atoms with Gasteiger partial charge in [-0.3, -0.25) is 5.01 Å². The predicted octanol–water partition coefficient (Wildman–Crippen LogP) is 4.82. The van der Waals surface area contributed by atoms with E-state index in [1.165, 1.54) is 16.7 Å². The molecule has 0 saturated carbocycles. The Morgan fingerprint density at radius 3 is 2.36 bits per heavy atom. The molecule has 0 bridgehead atoms. The van der Waals surface area contributed by atoms with Crippen molar-refractivity contribution in [3.8, 4) is 0 Å². The molecule has 2 aromatic rings. The molecule has 1 heterocycles. The molecule has 1 aliphatic heterocycles. The number of benzene rings is 2. The molecule has 124 valence electrons. The first-order valence-corrected chi connectivity index (χ1v) is 8.68. The van der Waals surface area contributed by atoms with Crippen LogP contribution < -0.4 is 5.43 Å². The van der Waals surface area contributed by atoms with Crippen molar-refractivity contribution in [2.45, 2.75) is 11.8 Å². The molecule has 2 aromatic carbocycles. The lowest BCUT2D eigenvalue weighted by Crippen LogP contribution is -2.40. The lowest BCUT2D eigenvalue weighted by molar-refractivity contribution is 0.295. The van der Waals surface area contributed by atoms with Crippen LogP contribution in [-0.4, -0.2) is 11.6 Å². The number of nitrogens with one attached hydrogen (secondary N) is 1. The topological polar surface area (TPSA) is 15.3 Å². The largest absolute Gasteiger partial charge is 0.306 e. The van der Waals surface area contributed by atoms with Crippen LogP contribution in [-0.2, 0) is 5.41 Å². The van der Waals surface area contributed by atoms with Crippen LogP contribution in [0.15, 0.2) is 103 Å². The molecule has 2 heteroatoms. The van der Waals surface area contributed by atoms with Gasteiger partial charge >= 0.3 is 0 Å². The standard InChI is InChI=1S/C23H22N2/c1-19(25-17-9-16-24-25)23(22-13-6-3-7-14-22)15-8-12-21(18-23)20-10-4-2-5-11-20/h2-14,16,18,24H,1,15,17H2. The summed E-state index contributed by atoms with van der Waals surface area (Å²) in [6.45, 7) is 5.32. The van der Waals surface area contributed by atoms with E-state index in [9.17, 15) is 0 Å². The van der Waals surface area contributed by atoms with E-state index in [1.54, 1.807) is 0 Å². The molecule has 2 nitrogen and oxygen atoms in total. The van der Waals surface area contributed by atoms with Crippen molar-refractivity contribution in [3.63, 3.8) is 0 Å². The third-order valence-corrected chi connectivity index (χ3v) is 5.01. The summed E-state index contributed by atoms with van der Waals surface area (Å²) in [4.78, 5) is 0. The average Bonchev–Trinajstić information content (AvgIpc) is 3.23. The van der Waals surface area contributed by atoms with Crippen molar-refractivity contribution in [2.75, 3.05) is 6.54 Å². The van der Waals surface area contributed by atoms with Gasteiger partial charge < -0.3 is 5.43 Å². The van der Waals surface area contributed by atoms with Gasteiger partial charge in [-0.15, -0.1) is 0 Å². The van der Waals surface area contributed by atoms with E-state index in [1.807, 2.05) is 6.20 Å². The van der Waals surface area contributed by atoms with E-state index in [0.717, 1.165) is 18.7 Å². The van der Waals surface area contributed by atoms with Crippen LogP contribution in [0.5, 0.6) is 0 Å². The van der Waals surface area contributed by atoms with E-state index < -0.39 is 0 Å². The smallest absolute Gasteiger partial charge is 0.0588 e. The highest BCUT2D eigenvalue weighted by Crippen LogP contribution is 2.43. The van der Waals surface area contributed by atoms with Crippen LogP contribution in [0.4, 0.5) is 0 Å². The summed E-state index contributed by atoms with van der Waals surface area (Å²) in [5.74, 6) is 0. The molecule has 0 fully saturated rings. The molecular formula is C23H22N2. The fraction of sp³-hybridized carbons (Fsp3) is 0.130. The minimum atomic E-state index is -0.250. The Morgan fingerprint density at radius 1 is 0.960 bits per heavy atom. The second kappa shape index (κ2) is 6.48. The van der Waals surface area contributed by atoms with Crippen LogP contribution in [0.2, 0.25) is 0 Å². The third kappa shape index (κ3) is 2.80. The van der Waals surface area contributed by atoms with E-state index in [4.69, 9.17) is 0 Å². The highest BCUT2D eigenvalue weighted by atomic mass is 15.5. The van der Waals surface area contributed by atoms with E-state index in [2.05, 4.69) is 102 Å². The second-order valence-electron chi connectivity index (χ2n) is 6.50. The number of hydrogen-bond acceptors (Lipinski definition) is 2. The van der Waals surface area contributed by atoms with Gasteiger partial charge in [0.05, 0.1) is 12.0 Å². The molecule has 0 amide bonds. The molecule has 1 atom stereocenters. The highest BCUT2D eigenvalue weighted by molar-refractivity contribution is 5.77. The Bertz CT molecular complexity index is 838. The zero-order valence-corrected chi connectivity index (χ0v) is 14.2. The molecule has 0 aromatic heterocycles. The van der Waals surface area contributed by atoms with Crippen LogP contribution in [0.25, 0.3) is 5.57 Å². The van der Waals surface area contributed by atoms with Gasteiger partial charge in [0, 0.05) is 11.9 Å². The highest BCUT2D eigenvalue weighted by Gasteiger charge is 2.37. The summed E-state index contributed by atoms with van der Waals surface area (Å²) in [7, 11) is 0. The van der Waals surface area contributed by atoms with Crippen LogP contribution >= 0.6 is 0 Å². The summed E-state index contributed by atoms with van der Waals surface area (Å²) in [6.07, 6.45) is 11.9. The monoisotopic (exact) mass is 326 g/mol. The van der Waals surface area contributed by atoms with Gasteiger partial charge in [-0.25, -0.2) is 0 Å². The molecule has 0 spiro atoms. The Balaban J connectivity index is 1.82. The van der Waals surface area contributed by atoms with E-state index in [-0.39, 0.29) is 5.41 Å². The van der Waals surface area contributed by atoms with Gasteiger partial charge in [0.15, 0.2) is 0 Å². The maximum Gasteiger partial charge on any atom is 0.0588 e. The fourth-order valence-electron chi connectivity index (χ4n) is 3.64. The Morgan fingerprint density at radius 2 is 1.68 bits per heavy atom. The van der Waals surface area contributed by atoms with Crippen molar-refractivity contribution >= 4 is 5.57 Å². The first kappa shape index (κ1) is 15.5. The van der Waals surface area contributed by atoms with Gasteiger partial charge in [0.1, 0.15) is 0 Å². The van der Waals surface area contributed by atoms with Crippen LogP contribution in [0.3, 0.4) is 0 Å². The molecular weight excluding hydrogens is 304 g/mol. The van der Waals surface area contributed by atoms with Crippen molar-refractivity contribution < 1.29 is 0 Å².